The van der Waals surface area contributed by atoms with Crippen LogP contribution in [0.3, 0.4) is 0 Å². The van der Waals surface area contributed by atoms with Gasteiger partial charge < -0.3 is 25.7 Å². The molecule has 1 aliphatic heterocycles. The Hall–Kier alpha value is -3.14. The highest BCUT2D eigenvalue weighted by atomic mass is 16.4. The van der Waals surface area contributed by atoms with E-state index in [9.17, 15) is 49.2 Å². The van der Waals surface area contributed by atoms with Crippen molar-refractivity contribution in [2.45, 2.75) is 96.9 Å². The van der Waals surface area contributed by atoms with E-state index in [1.807, 2.05) is 13.8 Å². The van der Waals surface area contributed by atoms with Gasteiger partial charge in [0.2, 0.25) is 5.91 Å². The number of carbonyl (C=O) groups excluding carboxylic acids is 2. The number of carboxylic acids is 4. The summed E-state index contributed by atoms with van der Waals surface area (Å²) in [6.45, 7) is 5.18. The molecule has 0 bridgehead atoms. The standard InChI is InChI=1S/C34H61N5O10/c1-27(2)29(40)12-10-8-6-4-3-5-7-9-11-15-35-30(41)14-13-28(34(48)49)39-22-20-37(25-32(44)45)18-16-36(24-31(42)43)17-19-38(21-23-39)26-33(46)47/h27-28H,3-26H2,1-2H3,(H,35,41)(H,42,43)(H,44,45)(H,46,47)(H,48,49). The van der Waals surface area contributed by atoms with Gasteiger partial charge in [0.25, 0.3) is 0 Å². The number of unbranched alkanes of at least 4 members (excludes halogenated alkanes) is 8. The van der Waals surface area contributed by atoms with Crippen molar-refractivity contribution in [2.24, 2.45) is 5.92 Å². The maximum atomic E-state index is 12.6. The van der Waals surface area contributed by atoms with Crippen molar-refractivity contribution in [1.82, 2.24) is 24.9 Å². The molecule has 1 saturated heterocycles. The van der Waals surface area contributed by atoms with Crippen LogP contribution >= 0.6 is 0 Å². The van der Waals surface area contributed by atoms with Crippen LogP contribution in [0.4, 0.5) is 0 Å². The average Bonchev–Trinajstić information content (AvgIpc) is 3.01. The second kappa shape index (κ2) is 25.8. The lowest BCUT2D eigenvalue weighted by Gasteiger charge is -2.35. The number of nitrogens with zero attached hydrogens (tertiary/aromatic N) is 4. The predicted molar refractivity (Wildman–Crippen MR) is 183 cm³/mol. The molecule has 0 saturated carbocycles. The topological polar surface area (TPSA) is 208 Å². The Morgan fingerprint density at radius 3 is 1.33 bits per heavy atom. The predicted octanol–water partition coefficient (Wildman–Crippen LogP) is 1.94. The maximum absolute atomic E-state index is 12.6. The first-order valence-electron chi connectivity index (χ1n) is 17.9. The molecule has 0 aromatic carbocycles. The van der Waals surface area contributed by atoms with E-state index in [0.29, 0.717) is 18.7 Å². The van der Waals surface area contributed by atoms with E-state index in [1.165, 1.54) is 0 Å². The van der Waals surface area contributed by atoms with Crippen LogP contribution in [0, 0.1) is 5.92 Å². The fourth-order valence-electron chi connectivity index (χ4n) is 5.91. The number of rotatable bonds is 24. The molecular formula is C34H61N5O10. The largest absolute Gasteiger partial charge is 0.480 e. The van der Waals surface area contributed by atoms with Gasteiger partial charge in [-0.15, -0.1) is 0 Å². The molecule has 1 fully saturated rings. The summed E-state index contributed by atoms with van der Waals surface area (Å²) in [5, 5.41) is 41.2. The van der Waals surface area contributed by atoms with Crippen molar-refractivity contribution in [2.75, 3.05) is 78.5 Å². The highest BCUT2D eigenvalue weighted by molar-refractivity contribution is 5.80. The van der Waals surface area contributed by atoms with Crippen molar-refractivity contribution in [3.8, 4) is 0 Å². The zero-order valence-electron chi connectivity index (χ0n) is 29.7. The summed E-state index contributed by atoms with van der Waals surface area (Å²) < 4.78 is 0. The van der Waals surface area contributed by atoms with Crippen LogP contribution < -0.4 is 5.32 Å². The summed E-state index contributed by atoms with van der Waals surface area (Å²) in [7, 11) is 0. The number of amides is 1. The number of hydrogen-bond acceptors (Lipinski definition) is 10. The first-order valence-corrected chi connectivity index (χ1v) is 17.9. The minimum Gasteiger partial charge on any atom is -0.480 e. The Labute approximate surface area is 291 Å². The van der Waals surface area contributed by atoms with Crippen LogP contribution in [-0.2, 0) is 28.8 Å². The highest BCUT2D eigenvalue weighted by Crippen LogP contribution is 2.13. The lowest BCUT2D eigenvalue weighted by atomic mass is 10.0. The summed E-state index contributed by atoms with van der Waals surface area (Å²) in [4.78, 5) is 77.7. The normalized spacial score (nSPS) is 16.8. The smallest absolute Gasteiger partial charge is 0.320 e. The summed E-state index contributed by atoms with van der Waals surface area (Å²) in [6, 6.07) is -1.04. The second-order valence-corrected chi connectivity index (χ2v) is 13.3. The van der Waals surface area contributed by atoms with E-state index in [1.54, 1.807) is 19.6 Å². The SMILES string of the molecule is CC(C)C(=O)CCCCCCCCCCCNC(=O)CCC(C(=O)O)N1CCN(CC(=O)O)CCN(CC(=O)O)CCN(CC(=O)O)CC1. The molecule has 0 aliphatic carbocycles. The quantitative estimate of drug-likeness (QED) is 0.0913. The van der Waals surface area contributed by atoms with Crippen LogP contribution in [0.5, 0.6) is 0 Å². The molecule has 15 heteroatoms. The Kier molecular flexibility index (Phi) is 23.1. The van der Waals surface area contributed by atoms with E-state index in [0.717, 1.165) is 57.8 Å². The van der Waals surface area contributed by atoms with E-state index in [2.05, 4.69) is 5.32 Å². The number of nitrogens with one attached hydrogen (secondary N) is 1. The Bertz CT molecular complexity index is 995. The first-order chi connectivity index (χ1) is 23.3. The van der Waals surface area contributed by atoms with Crippen LogP contribution in [0.15, 0.2) is 0 Å². The summed E-state index contributed by atoms with van der Waals surface area (Å²) in [5.74, 6) is -4.08. The monoisotopic (exact) mass is 699 g/mol. The van der Waals surface area contributed by atoms with Gasteiger partial charge in [0.05, 0.1) is 19.6 Å². The molecule has 0 radical (unpaired) electrons. The molecule has 1 atom stereocenters. The third-order valence-corrected chi connectivity index (χ3v) is 8.89. The molecule has 1 unspecified atom stereocenters. The summed E-state index contributed by atoms with van der Waals surface area (Å²) in [5.41, 5.74) is 0. The van der Waals surface area contributed by atoms with Gasteiger partial charge in [-0.1, -0.05) is 58.8 Å². The molecular weight excluding hydrogens is 638 g/mol. The van der Waals surface area contributed by atoms with E-state index >= 15 is 0 Å². The first kappa shape index (κ1) is 43.9. The van der Waals surface area contributed by atoms with Gasteiger partial charge >= 0.3 is 23.9 Å². The molecule has 49 heavy (non-hydrogen) atoms. The van der Waals surface area contributed by atoms with Crippen molar-refractivity contribution in [3.05, 3.63) is 0 Å². The average molecular weight is 700 g/mol. The minimum atomic E-state index is -1.12. The van der Waals surface area contributed by atoms with Crippen molar-refractivity contribution in [1.29, 1.82) is 0 Å². The van der Waals surface area contributed by atoms with Gasteiger partial charge in [-0.25, -0.2) is 0 Å². The van der Waals surface area contributed by atoms with Crippen molar-refractivity contribution >= 4 is 35.6 Å². The molecule has 1 aliphatic rings. The van der Waals surface area contributed by atoms with Gasteiger partial charge in [0.15, 0.2) is 0 Å². The Balaban J connectivity index is 2.60. The van der Waals surface area contributed by atoms with E-state index in [-0.39, 0.29) is 96.7 Å². The Morgan fingerprint density at radius 2 is 0.939 bits per heavy atom. The summed E-state index contributed by atoms with van der Waals surface area (Å²) >= 11 is 0. The molecule has 15 nitrogen and oxygen atoms in total. The lowest BCUT2D eigenvalue weighted by Crippen LogP contribution is -2.52. The zero-order chi connectivity index (χ0) is 36.6. The fraction of sp³-hybridized carbons (Fsp3) is 0.824. The fourth-order valence-corrected chi connectivity index (χ4v) is 5.91. The van der Waals surface area contributed by atoms with E-state index < -0.39 is 29.9 Å². The van der Waals surface area contributed by atoms with Crippen LogP contribution in [0.25, 0.3) is 0 Å². The number of aliphatic carboxylic acids is 4. The highest BCUT2D eigenvalue weighted by Gasteiger charge is 2.28. The zero-order valence-corrected chi connectivity index (χ0v) is 29.7. The van der Waals surface area contributed by atoms with Gasteiger partial charge in [-0.05, 0) is 19.3 Å². The van der Waals surface area contributed by atoms with Gasteiger partial charge in [0.1, 0.15) is 11.8 Å². The number of ketones is 1. The maximum Gasteiger partial charge on any atom is 0.320 e. The third-order valence-electron chi connectivity index (χ3n) is 8.89. The Morgan fingerprint density at radius 1 is 0.551 bits per heavy atom. The molecule has 282 valence electrons. The molecule has 1 rings (SSSR count). The number of carbonyl (C=O) groups is 6. The lowest BCUT2D eigenvalue weighted by molar-refractivity contribution is -0.145. The second-order valence-electron chi connectivity index (χ2n) is 13.3. The van der Waals surface area contributed by atoms with Crippen LogP contribution in [0.2, 0.25) is 0 Å². The molecule has 0 spiro atoms. The van der Waals surface area contributed by atoms with Crippen molar-refractivity contribution in [3.63, 3.8) is 0 Å². The molecule has 0 aromatic rings. The van der Waals surface area contributed by atoms with E-state index in [4.69, 9.17) is 0 Å². The van der Waals surface area contributed by atoms with Crippen LogP contribution in [-0.4, -0.2) is 160 Å². The van der Waals surface area contributed by atoms with Gasteiger partial charge in [-0.2, -0.15) is 0 Å². The number of hydrogen-bond donors (Lipinski definition) is 5. The van der Waals surface area contributed by atoms with Crippen LogP contribution in [0.1, 0.15) is 90.9 Å². The number of Topliss-reactive ketones (excluding diaryl/α,β-unsaturated/α-hetero) is 1. The molecule has 0 aromatic heterocycles. The van der Waals surface area contributed by atoms with Gasteiger partial charge in [0, 0.05) is 77.7 Å². The van der Waals surface area contributed by atoms with Crippen molar-refractivity contribution < 1.29 is 49.2 Å². The molecule has 1 heterocycles. The number of carboxylic acid groups (broad SMARTS) is 4. The van der Waals surface area contributed by atoms with Gasteiger partial charge in [-0.3, -0.25) is 48.4 Å². The molecule has 5 N–H and O–H groups in total. The summed E-state index contributed by atoms with van der Waals surface area (Å²) in [6.07, 6.45) is 10.3. The molecule has 1 amide bonds. The minimum absolute atomic E-state index is 0.00192. The third kappa shape index (κ3) is 22.2.